The maximum atomic E-state index is 12.8. The standard InChI is InChI=1S/C18H19N9O2/c1-11(2)8-14(18-24-16(26-29-18)15-20-10-21-25-15)23-17(28)13-9-12(4-6-19-13)27-7-3-5-22-27/h3-7,9-11,14H,8H2,1-2H3,(H,23,28)(H,20,21,25)/t14-/m0/s1. The second-order valence-corrected chi connectivity index (χ2v) is 6.80. The van der Waals surface area contributed by atoms with E-state index < -0.39 is 6.04 Å². The fraction of sp³-hybridized carbons (Fsp3) is 0.278. The van der Waals surface area contributed by atoms with Crippen LogP contribution in [0.25, 0.3) is 17.3 Å². The first kappa shape index (κ1) is 18.5. The van der Waals surface area contributed by atoms with Crippen molar-refractivity contribution in [2.24, 2.45) is 5.92 Å². The highest BCUT2D eigenvalue weighted by atomic mass is 16.5. The minimum absolute atomic E-state index is 0.265. The highest BCUT2D eigenvalue weighted by Gasteiger charge is 2.24. The Hall–Kier alpha value is -3.89. The summed E-state index contributed by atoms with van der Waals surface area (Å²) in [5.74, 6) is 0.901. The van der Waals surface area contributed by atoms with Gasteiger partial charge in [-0.1, -0.05) is 19.0 Å². The Morgan fingerprint density at radius 1 is 1.31 bits per heavy atom. The van der Waals surface area contributed by atoms with E-state index in [1.54, 1.807) is 41.5 Å². The van der Waals surface area contributed by atoms with E-state index in [-0.39, 0.29) is 23.3 Å². The van der Waals surface area contributed by atoms with Gasteiger partial charge in [0.2, 0.25) is 11.7 Å². The Balaban J connectivity index is 1.55. The summed E-state index contributed by atoms with van der Waals surface area (Å²) in [5.41, 5.74) is 1.00. The number of carbonyl (C=O) groups is 1. The van der Waals surface area contributed by atoms with Crippen LogP contribution in [0, 0.1) is 5.92 Å². The molecule has 0 saturated heterocycles. The van der Waals surface area contributed by atoms with Crippen LogP contribution in [0.1, 0.15) is 42.7 Å². The Labute approximate surface area is 165 Å². The van der Waals surface area contributed by atoms with E-state index in [4.69, 9.17) is 4.52 Å². The highest BCUT2D eigenvalue weighted by molar-refractivity contribution is 5.92. The van der Waals surface area contributed by atoms with Crippen LogP contribution < -0.4 is 5.32 Å². The van der Waals surface area contributed by atoms with Gasteiger partial charge in [0, 0.05) is 18.6 Å². The van der Waals surface area contributed by atoms with Crippen molar-refractivity contribution in [2.45, 2.75) is 26.3 Å². The molecule has 4 heterocycles. The third-order valence-electron chi connectivity index (χ3n) is 4.12. The lowest BCUT2D eigenvalue weighted by Gasteiger charge is -2.17. The fourth-order valence-corrected chi connectivity index (χ4v) is 2.82. The van der Waals surface area contributed by atoms with Crippen molar-refractivity contribution < 1.29 is 9.32 Å². The third-order valence-corrected chi connectivity index (χ3v) is 4.12. The van der Waals surface area contributed by atoms with Crippen LogP contribution in [-0.4, -0.2) is 46.0 Å². The molecule has 4 aromatic rings. The number of rotatable bonds is 7. The minimum Gasteiger partial charge on any atom is -0.339 e. The molecule has 29 heavy (non-hydrogen) atoms. The predicted octanol–water partition coefficient (Wildman–Crippen LogP) is 1.95. The molecule has 148 valence electrons. The lowest BCUT2D eigenvalue weighted by molar-refractivity contribution is 0.0917. The molecule has 2 N–H and O–H groups in total. The van der Waals surface area contributed by atoms with E-state index in [9.17, 15) is 4.79 Å². The zero-order chi connectivity index (χ0) is 20.2. The molecule has 0 aliphatic heterocycles. The number of amides is 1. The molecule has 0 aromatic carbocycles. The number of hydrogen-bond donors (Lipinski definition) is 2. The maximum Gasteiger partial charge on any atom is 0.270 e. The number of nitrogens with one attached hydrogen (secondary N) is 2. The SMILES string of the molecule is CC(C)C[C@H](NC(=O)c1cc(-n2cccn2)ccn1)c1nc(-c2ncn[nH]2)no1. The Kier molecular flexibility index (Phi) is 5.10. The van der Waals surface area contributed by atoms with Gasteiger partial charge < -0.3 is 9.84 Å². The number of H-pyrrole nitrogens is 1. The van der Waals surface area contributed by atoms with E-state index in [2.05, 4.69) is 40.7 Å². The van der Waals surface area contributed by atoms with Gasteiger partial charge in [0.1, 0.15) is 18.1 Å². The molecule has 4 rings (SSSR count). The van der Waals surface area contributed by atoms with Gasteiger partial charge in [-0.15, -0.1) is 0 Å². The van der Waals surface area contributed by atoms with Crippen LogP contribution in [0.2, 0.25) is 0 Å². The van der Waals surface area contributed by atoms with E-state index in [1.807, 2.05) is 13.8 Å². The molecule has 0 bridgehead atoms. The predicted molar refractivity (Wildman–Crippen MR) is 101 cm³/mol. The summed E-state index contributed by atoms with van der Waals surface area (Å²) in [6.07, 6.45) is 7.00. The summed E-state index contributed by atoms with van der Waals surface area (Å²) in [4.78, 5) is 25.4. The number of carbonyl (C=O) groups excluding carboxylic acids is 1. The summed E-state index contributed by atoms with van der Waals surface area (Å²) < 4.78 is 7.03. The first-order chi connectivity index (χ1) is 14.1. The second kappa shape index (κ2) is 8.00. The normalized spacial score (nSPS) is 12.2. The van der Waals surface area contributed by atoms with E-state index in [1.165, 1.54) is 6.33 Å². The van der Waals surface area contributed by atoms with Crippen LogP contribution in [-0.2, 0) is 0 Å². The molecule has 0 unspecified atom stereocenters. The van der Waals surface area contributed by atoms with Crippen LogP contribution >= 0.6 is 0 Å². The molecule has 1 amide bonds. The van der Waals surface area contributed by atoms with Crippen LogP contribution in [0.3, 0.4) is 0 Å². The van der Waals surface area contributed by atoms with Crippen LogP contribution in [0.15, 0.2) is 47.6 Å². The first-order valence-corrected chi connectivity index (χ1v) is 9.06. The molecule has 4 aromatic heterocycles. The van der Waals surface area contributed by atoms with Crippen molar-refractivity contribution in [1.82, 2.24) is 45.4 Å². The zero-order valence-corrected chi connectivity index (χ0v) is 15.9. The lowest BCUT2D eigenvalue weighted by Crippen LogP contribution is -2.30. The summed E-state index contributed by atoms with van der Waals surface area (Å²) >= 11 is 0. The number of nitrogens with zero attached hydrogens (tertiary/aromatic N) is 7. The summed E-state index contributed by atoms with van der Waals surface area (Å²) in [5, 5.41) is 17.5. The fourth-order valence-electron chi connectivity index (χ4n) is 2.82. The number of hydrogen-bond acceptors (Lipinski definition) is 8. The Morgan fingerprint density at radius 2 is 2.21 bits per heavy atom. The summed E-state index contributed by atoms with van der Waals surface area (Å²) in [7, 11) is 0. The average Bonchev–Trinajstić information content (AvgIpc) is 3.49. The maximum absolute atomic E-state index is 12.8. The van der Waals surface area contributed by atoms with Crippen LogP contribution in [0.4, 0.5) is 0 Å². The average molecular weight is 393 g/mol. The van der Waals surface area contributed by atoms with Crippen LogP contribution in [0.5, 0.6) is 0 Å². The van der Waals surface area contributed by atoms with Gasteiger partial charge in [-0.25, -0.2) is 9.67 Å². The van der Waals surface area contributed by atoms with Gasteiger partial charge in [-0.05, 0) is 30.5 Å². The largest absolute Gasteiger partial charge is 0.339 e. The van der Waals surface area contributed by atoms with Gasteiger partial charge in [-0.3, -0.25) is 14.9 Å². The van der Waals surface area contributed by atoms with Gasteiger partial charge >= 0.3 is 0 Å². The third kappa shape index (κ3) is 4.18. The molecule has 0 radical (unpaired) electrons. The van der Waals surface area contributed by atoms with Crippen molar-refractivity contribution in [3.63, 3.8) is 0 Å². The molecular formula is C18H19N9O2. The lowest BCUT2D eigenvalue weighted by atomic mass is 10.0. The smallest absolute Gasteiger partial charge is 0.270 e. The molecular weight excluding hydrogens is 374 g/mol. The second-order valence-electron chi connectivity index (χ2n) is 6.80. The van der Waals surface area contributed by atoms with Crippen molar-refractivity contribution in [2.75, 3.05) is 0 Å². The number of aromatic nitrogens is 8. The molecule has 11 heteroatoms. The van der Waals surface area contributed by atoms with Crippen molar-refractivity contribution in [1.29, 1.82) is 0 Å². The summed E-state index contributed by atoms with van der Waals surface area (Å²) in [6, 6.07) is 4.78. The van der Waals surface area contributed by atoms with Crippen molar-refractivity contribution in [3.05, 3.63) is 54.7 Å². The quantitative estimate of drug-likeness (QED) is 0.485. The minimum atomic E-state index is -0.471. The topological polar surface area (TPSA) is 140 Å². The van der Waals surface area contributed by atoms with Gasteiger partial charge in [0.05, 0.1) is 5.69 Å². The number of aromatic amines is 1. The van der Waals surface area contributed by atoms with E-state index in [0.717, 1.165) is 5.69 Å². The van der Waals surface area contributed by atoms with Crippen molar-refractivity contribution in [3.8, 4) is 17.3 Å². The van der Waals surface area contributed by atoms with E-state index in [0.29, 0.717) is 18.1 Å². The van der Waals surface area contributed by atoms with E-state index >= 15 is 0 Å². The molecule has 0 spiro atoms. The Bertz CT molecular complexity index is 1070. The first-order valence-electron chi connectivity index (χ1n) is 9.06. The molecule has 0 saturated carbocycles. The monoisotopic (exact) mass is 393 g/mol. The molecule has 0 aliphatic carbocycles. The van der Waals surface area contributed by atoms with Gasteiger partial charge in [0.25, 0.3) is 5.91 Å². The zero-order valence-electron chi connectivity index (χ0n) is 15.9. The van der Waals surface area contributed by atoms with Gasteiger partial charge in [0.15, 0.2) is 5.82 Å². The molecule has 1 atom stereocenters. The molecule has 0 aliphatic rings. The van der Waals surface area contributed by atoms with Crippen molar-refractivity contribution >= 4 is 5.91 Å². The number of pyridine rings is 1. The summed E-state index contributed by atoms with van der Waals surface area (Å²) in [6.45, 7) is 4.09. The molecule has 11 nitrogen and oxygen atoms in total. The Morgan fingerprint density at radius 3 is 2.93 bits per heavy atom. The molecule has 0 fully saturated rings. The van der Waals surface area contributed by atoms with Gasteiger partial charge in [-0.2, -0.15) is 15.2 Å². The highest BCUT2D eigenvalue weighted by Crippen LogP contribution is 2.22.